The van der Waals surface area contributed by atoms with E-state index >= 15 is 0 Å². The van der Waals surface area contributed by atoms with Crippen molar-refractivity contribution in [3.63, 3.8) is 0 Å². The van der Waals surface area contributed by atoms with Crippen LogP contribution in [0.3, 0.4) is 0 Å². The maximum Gasteiger partial charge on any atom is 0.336 e. The molecular formula is C19H16ClN3O2S2. The van der Waals surface area contributed by atoms with Crippen LogP contribution in [0.2, 0.25) is 5.02 Å². The average Bonchev–Trinajstić information content (AvgIpc) is 3.30. The van der Waals surface area contributed by atoms with Gasteiger partial charge in [-0.05, 0) is 48.6 Å². The Morgan fingerprint density at radius 3 is 2.89 bits per heavy atom. The first kappa shape index (κ1) is 18.3. The monoisotopic (exact) mass is 417 g/mol. The number of halogens is 1. The van der Waals surface area contributed by atoms with Crippen molar-refractivity contribution in [2.75, 3.05) is 0 Å². The van der Waals surface area contributed by atoms with Crippen molar-refractivity contribution < 1.29 is 4.42 Å². The molecule has 4 rings (SSSR count). The minimum Gasteiger partial charge on any atom is -0.423 e. The van der Waals surface area contributed by atoms with Crippen LogP contribution in [0.5, 0.6) is 0 Å². The van der Waals surface area contributed by atoms with Gasteiger partial charge in [0.05, 0.1) is 4.88 Å². The Morgan fingerprint density at radius 1 is 1.30 bits per heavy atom. The average molecular weight is 418 g/mol. The summed E-state index contributed by atoms with van der Waals surface area (Å²) in [4.78, 5) is 13.0. The van der Waals surface area contributed by atoms with Crippen LogP contribution in [-0.4, -0.2) is 14.8 Å². The molecule has 0 unspecified atom stereocenters. The third-order valence-electron chi connectivity index (χ3n) is 4.24. The summed E-state index contributed by atoms with van der Waals surface area (Å²) in [5.41, 5.74) is 1.94. The first-order valence-electron chi connectivity index (χ1n) is 8.39. The maximum atomic E-state index is 12.0. The van der Waals surface area contributed by atoms with E-state index in [1.807, 2.05) is 30.5 Å². The molecule has 4 aromatic rings. The molecule has 0 aliphatic rings. The van der Waals surface area contributed by atoms with Gasteiger partial charge in [-0.3, -0.25) is 0 Å². The lowest BCUT2D eigenvalue weighted by Gasteiger charge is -2.08. The third-order valence-corrected chi connectivity index (χ3v) is 6.53. The zero-order valence-electron chi connectivity index (χ0n) is 14.7. The van der Waals surface area contributed by atoms with Gasteiger partial charge in [0.25, 0.3) is 0 Å². The van der Waals surface area contributed by atoms with Crippen molar-refractivity contribution in [2.24, 2.45) is 0 Å². The number of hydrogen-bond acceptors (Lipinski definition) is 6. The van der Waals surface area contributed by atoms with E-state index in [-0.39, 0.29) is 5.63 Å². The number of thiophene rings is 1. The van der Waals surface area contributed by atoms with Crippen LogP contribution in [0.25, 0.3) is 21.7 Å². The second kappa shape index (κ2) is 7.50. The second-order valence-corrected chi connectivity index (χ2v) is 8.30. The molecule has 0 amide bonds. The zero-order chi connectivity index (χ0) is 19.0. The van der Waals surface area contributed by atoms with E-state index in [0.717, 1.165) is 38.9 Å². The fourth-order valence-corrected chi connectivity index (χ4v) is 4.75. The summed E-state index contributed by atoms with van der Waals surface area (Å²) in [6, 6.07) is 9.22. The molecule has 0 saturated carbocycles. The second-order valence-electron chi connectivity index (χ2n) is 6.00. The van der Waals surface area contributed by atoms with E-state index in [2.05, 4.69) is 21.7 Å². The molecule has 3 aromatic heterocycles. The fourth-order valence-electron chi connectivity index (χ4n) is 2.88. The van der Waals surface area contributed by atoms with Gasteiger partial charge in [-0.2, -0.15) is 0 Å². The van der Waals surface area contributed by atoms with Gasteiger partial charge in [-0.15, -0.1) is 21.5 Å². The van der Waals surface area contributed by atoms with E-state index < -0.39 is 0 Å². The third kappa shape index (κ3) is 3.54. The van der Waals surface area contributed by atoms with Crippen LogP contribution < -0.4 is 5.63 Å². The van der Waals surface area contributed by atoms with E-state index in [4.69, 9.17) is 16.0 Å². The number of hydrogen-bond donors (Lipinski definition) is 0. The molecule has 0 atom stereocenters. The topological polar surface area (TPSA) is 60.9 Å². The number of fused-ring (bicyclic) bond motifs is 1. The molecule has 1 aromatic carbocycles. The normalized spacial score (nSPS) is 11.4. The lowest BCUT2D eigenvalue weighted by molar-refractivity contribution is 0.559. The lowest BCUT2D eigenvalue weighted by atomic mass is 10.1. The molecule has 0 aliphatic heterocycles. The predicted molar refractivity (Wildman–Crippen MR) is 111 cm³/mol. The quantitative estimate of drug-likeness (QED) is 0.322. The predicted octanol–water partition coefficient (Wildman–Crippen LogP) is 5.39. The molecule has 0 N–H and O–H groups in total. The molecule has 27 heavy (non-hydrogen) atoms. The van der Waals surface area contributed by atoms with Crippen LogP contribution in [0.4, 0.5) is 0 Å². The number of rotatable bonds is 5. The molecular weight excluding hydrogens is 402 g/mol. The molecule has 0 fully saturated rings. The number of benzene rings is 1. The molecule has 8 heteroatoms. The largest absolute Gasteiger partial charge is 0.423 e. The van der Waals surface area contributed by atoms with Crippen molar-refractivity contribution in [1.82, 2.24) is 14.8 Å². The van der Waals surface area contributed by atoms with E-state index in [1.165, 1.54) is 6.07 Å². The Hall–Kier alpha value is -2.09. The van der Waals surface area contributed by atoms with Crippen LogP contribution in [0, 0.1) is 6.92 Å². The van der Waals surface area contributed by atoms with Crippen molar-refractivity contribution in [2.45, 2.75) is 31.3 Å². The first-order valence-corrected chi connectivity index (χ1v) is 10.6. The van der Waals surface area contributed by atoms with Gasteiger partial charge in [-0.25, -0.2) is 4.79 Å². The molecule has 0 aliphatic carbocycles. The highest BCUT2D eigenvalue weighted by Gasteiger charge is 2.15. The summed E-state index contributed by atoms with van der Waals surface area (Å²) in [5.74, 6) is 1.44. The van der Waals surface area contributed by atoms with Gasteiger partial charge in [0.2, 0.25) is 0 Å². The first-order chi connectivity index (χ1) is 13.1. The molecule has 0 radical (unpaired) electrons. The van der Waals surface area contributed by atoms with Crippen LogP contribution in [-0.2, 0) is 12.3 Å². The smallest absolute Gasteiger partial charge is 0.336 e. The van der Waals surface area contributed by atoms with Gasteiger partial charge in [0.15, 0.2) is 11.0 Å². The SMILES string of the molecule is CCn1c(SCc2cc(=O)oc3cc(C)c(Cl)cc23)nnc1-c1cccs1. The highest BCUT2D eigenvalue weighted by molar-refractivity contribution is 7.98. The fraction of sp³-hybridized carbons (Fsp3) is 0.211. The van der Waals surface area contributed by atoms with Crippen LogP contribution >= 0.6 is 34.7 Å². The number of thioether (sulfide) groups is 1. The van der Waals surface area contributed by atoms with E-state index in [9.17, 15) is 4.79 Å². The van der Waals surface area contributed by atoms with Crippen LogP contribution in [0.15, 0.2) is 50.1 Å². The highest BCUT2D eigenvalue weighted by atomic mass is 35.5. The lowest BCUT2D eigenvalue weighted by Crippen LogP contribution is -2.02. The Kier molecular flexibility index (Phi) is 5.08. The van der Waals surface area contributed by atoms with Gasteiger partial charge >= 0.3 is 5.63 Å². The molecule has 3 heterocycles. The summed E-state index contributed by atoms with van der Waals surface area (Å²) in [6.07, 6.45) is 0. The molecule has 0 saturated heterocycles. The molecule has 0 spiro atoms. The van der Waals surface area contributed by atoms with Gasteiger partial charge in [0.1, 0.15) is 5.58 Å². The van der Waals surface area contributed by atoms with Crippen molar-refractivity contribution in [1.29, 1.82) is 0 Å². The number of nitrogens with zero attached hydrogens (tertiary/aromatic N) is 3. The van der Waals surface area contributed by atoms with Gasteiger partial charge in [0, 0.05) is 28.8 Å². The Balaban J connectivity index is 1.68. The van der Waals surface area contributed by atoms with Crippen molar-refractivity contribution >= 4 is 45.7 Å². The summed E-state index contributed by atoms with van der Waals surface area (Å²) in [6.45, 7) is 4.73. The molecule has 138 valence electrons. The minimum absolute atomic E-state index is 0.365. The summed E-state index contributed by atoms with van der Waals surface area (Å²) in [5, 5.41) is 13.0. The van der Waals surface area contributed by atoms with E-state index in [1.54, 1.807) is 29.2 Å². The number of aromatic nitrogens is 3. The Bertz CT molecular complexity index is 1170. The van der Waals surface area contributed by atoms with E-state index in [0.29, 0.717) is 16.4 Å². The highest BCUT2D eigenvalue weighted by Crippen LogP contribution is 2.31. The summed E-state index contributed by atoms with van der Waals surface area (Å²) in [7, 11) is 0. The maximum absolute atomic E-state index is 12.0. The number of aryl methyl sites for hydroxylation is 1. The Labute approximate surface area is 169 Å². The minimum atomic E-state index is -0.365. The zero-order valence-corrected chi connectivity index (χ0v) is 17.1. The van der Waals surface area contributed by atoms with Crippen molar-refractivity contribution in [3.8, 4) is 10.7 Å². The van der Waals surface area contributed by atoms with Gasteiger partial charge in [-0.1, -0.05) is 29.4 Å². The molecule has 5 nitrogen and oxygen atoms in total. The standard InChI is InChI=1S/C19H16ClN3O2S2/c1-3-23-18(16-5-4-6-26-16)21-22-19(23)27-10-12-8-17(24)25-15-7-11(2)14(20)9-13(12)15/h4-9H,3,10H2,1-2H3. The molecule has 0 bridgehead atoms. The summed E-state index contributed by atoms with van der Waals surface area (Å²) < 4.78 is 7.42. The van der Waals surface area contributed by atoms with Crippen LogP contribution in [0.1, 0.15) is 18.1 Å². The van der Waals surface area contributed by atoms with Gasteiger partial charge < -0.3 is 8.98 Å². The van der Waals surface area contributed by atoms with Crippen molar-refractivity contribution in [3.05, 3.63) is 62.3 Å². The Morgan fingerprint density at radius 2 is 2.15 bits per heavy atom. The summed E-state index contributed by atoms with van der Waals surface area (Å²) >= 11 is 9.46.